The van der Waals surface area contributed by atoms with Gasteiger partial charge in [-0.3, -0.25) is 9.59 Å². The third-order valence-electron chi connectivity index (χ3n) is 10.9. The molecule has 0 aliphatic heterocycles. The molecule has 8 heteroatoms. The van der Waals surface area contributed by atoms with Crippen LogP contribution in [0, 0.1) is 29.6 Å². The molecule has 3 aliphatic rings. The molecule has 0 amide bonds. The quantitative estimate of drug-likeness (QED) is 0.110. The summed E-state index contributed by atoms with van der Waals surface area (Å²) in [7, 11) is 0. The van der Waals surface area contributed by atoms with Gasteiger partial charge in [-0.2, -0.15) is 13.2 Å². The van der Waals surface area contributed by atoms with E-state index in [0.29, 0.717) is 24.9 Å². The van der Waals surface area contributed by atoms with Gasteiger partial charge < -0.3 is 14.2 Å². The molecule has 0 N–H and O–H groups in total. The van der Waals surface area contributed by atoms with E-state index in [-0.39, 0.29) is 36.9 Å². The van der Waals surface area contributed by atoms with Gasteiger partial charge in [0, 0.05) is 0 Å². The number of carbonyl (C=O) groups excluding carboxylic acids is 2. The summed E-state index contributed by atoms with van der Waals surface area (Å²) in [4.78, 5) is 25.6. The molecule has 3 saturated carbocycles. The highest BCUT2D eigenvalue weighted by Gasteiger charge is 2.50. The second kappa shape index (κ2) is 20.1. The Bertz CT molecular complexity index is 832. The number of rotatable bonds is 18. The lowest BCUT2D eigenvalue weighted by atomic mass is 9.70. The van der Waals surface area contributed by atoms with Gasteiger partial charge in [-0.25, -0.2) is 0 Å². The first-order valence-electron chi connectivity index (χ1n) is 18.7. The van der Waals surface area contributed by atoms with Crippen molar-refractivity contribution in [3.05, 3.63) is 0 Å². The first-order chi connectivity index (χ1) is 21.6. The van der Waals surface area contributed by atoms with E-state index in [9.17, 15) is 22.8 Å². The van der Waals surface area contributed by atoms with Gasteiger partial charge in [-0.15, -0.1) is 0 Å². The van der Waals surface area contributed by atoms with Gasteiger partial charge in [0.05, 0.1) is 36.6 Å². The highest BCUT2D eigenvalue weighted by Crippen LogP contribution is 2.44. The van der Waals surface area contributed by atoms with Crippen molar-refractivity contribution in [3.63, 3.8) is 0 Å². The van der Waals surface area contributed by atoms with Crippen molar-refractivity contribution in [1.29, 1.82) is 0 Å². The molecule has 0 radical (unpaired) electrons. The number of esters is 2. The first kappa shape index (κ1) is 38.1. The van der Waals surface area contributed by atoms with Crippen LogP contribution in [0.2, 0.25) is 0 Å². The Morgan fingerprint density at radius 1 is 0.689 bits per heavy atom. The standard InChI is InChI=1S/C37H63F3O5/c1-4-6-8-10-11-13-25-43-35(41)30-17-15-28(16-18-30)29-19-22-32(23-20-29)45-36(42)31-21-24-34(33(26-31)37(38,39)40)44-27(3)14-12-9-7-5-2/h27-34H,4-26H2,1-3H3. The number of alkyl halides is 3. The molecule has 0 aromatic rings. The molecule has 0 heterocycles. The highest BCUT2D eigenvalue weighted by molar-refractivity contribution is 5.73. The van der Waals surface area contributed by atoms with Crippen molar-refractivity contribution in [2.45, 2.75) is 187 Å². The van der Waals surface area contributed by atoms with Crippen molar-refractivity contribution >= 4 is 11.9 Å². The Labute approximate surface area is 271 Å². The summed E-state index contributed by atoms with van der Waals surface area (Å²) in [6, 6.07) is 0. The molecule has 3 fully saturated rings. The molecule has 0 aromatic carbocycles. The van der Waals surface area contributed by atoms with E-state index in [1.165, 1.54) is 25.7 Å². The monoisotopic (exact) mass is 644 g/mol. The fourth-order valence-corrected chi connectivity index (χ4v) is 8.03. The van der Waals surface area contributed by atoms with Gasteiger partial charge in [0.15, 0.2) is 0 Å². The molecule has 262 valence electrons. The lowest BCUT2D eigenvalue weighted by molar-refractivity contribution is -0.228. The largest absolute Gasteiger partial charge is 0.465 e. The number of hydrogen-bond donors (Lipinski definition) is 0. The molecule has 0 bridgehead atoms. The van der Waals surface area contributed by atoms with Crippen molar-refractivity contribution in [3.8, 4) is 0 Å². The number of halogens is 3. The molecule has 3 rings (SSSR count). The number of unbranched alkanes of at least 4 members (excludes halogenated alkanes) is 8. The van der Waals surface area contributed by atoms with Crippen molar-refractivity contribution < 1.29 is 37.0 Å². The maximum absolute atomic E-state index is 14.0. The van der Waals surface area contributed by atoms with Crippen molar-refractivity contribution in [1.82, 2.24) is 0 Å². The molecular weight excluding hydrogens is 581 g/mol. The summed E-state index contributed by atoms with van der Waals surface area (Å²) in [6.45, 7) is 6.75. The predicted octanol–water partition coefficient (Wildman–Crippen LogP) is 10.5. The first-order valence-corrected chi connectivity index (χ1v) is 18.7. The predicted molar refractivity (Wildman–Crippen MR) is 172 cm³/mol. The molecule has 0 spiro atoms. The van der Waals surface area contributed by atoms with E-state index in [1.807, 2.05) is 6.92 Å². The van der Waals surface area contributed by atoms with Crippen LogP contribution in [0.1, 0.15) is 162 Å². The third kappa shape index (κ3) is 13.4. The Kier molecular flexibility index (Phi) is 17.1. The van der Waals surface area contributed by atoms with E-state index in [1.54, 1.807) is 0 Å². The summed E-state index contributed by atoms with van der Waals surface area (Å²) in [5.41, 5.74) is 0. The molecule has 3 aliphatic carbocycles. The highest BCUT2D eigenvalue weighted by atomic mass is 19.4. The summed E-state index contributed by atoms with van der Waals surface area (Å²) in [6.07, 6.45) is 14.1. The molecule has 4 unspecified atom stereocenters. The summed E-state index contributed by atoms with van der Waals surface area (Å²) in [5, 5.41) is 0. The second-order valence-electron chi connectivity index (χ2n) is 14.5. The van der Waals surface area contributed by atoms with Crippen LogP contribution in [0.4, 0.5) is 13.2 Å². The normalized spacial score (nSPS) is 30.0. The average molecular weight is 645 g/mol. The van der Waals surface area contributed by atoms with E-state index in [4.69, 9.17) is 14.2 Å². The summed E-state index contributed by atoms with van der Waals surface area (Å²) < 4.78 is 59.4. The lowest BCUT2D eigenvalue weighted by Crippen LogP contribution is -2.44. The van der Waals surface area contributed by atoms with Crippen molar-refractivity contribution in [2.75, 3.05) is 6.61 Å². The maximum Gasteiger partial charge on any atom is 0.394 e. The van der Waals surface area contributed by atoms with E-state index < -0.39 is 30.1 Å². The van der Waals surface area contributed by atoms with Crippen LogP contribution < -0.4 is 0 Å². The Morgan fingerprint density at radius 3 is 1.87 bits per heavy atom. The van der Waals surface area contributed by atoms with E-state index in [0.717, 1.165) is 96.3 Å². The van der Waals surface area contributed by atoms with Gasteiger partial charge in [0.25, 0.3) is 0 Å². The zero-order chi connectivity index (χ0) is 32.7. The van der Waals surface area contributed by atoms with Crippen molar-refractivity contribution in [2.24, 2.45) is 29.6 Å². The summed E-state index contributed by atoms with van der Waals surface area (Å²) in [5.74, 6) is -1.66. The maximum atomic E-state index is 14.0. The van der Waals surface area contributed by atoms with Crippen LogP contribution in [0.5, 0.6) is 0 Å². The molecule has 0 aromatic heterocycles. The molecule has 4 atom stereocenters. The lowest BCUT2D eigenvalue weighted by Gasteiger charge is -2.39. The topological polar surface area (TPSA) is 61.8 Å². The minimum absolute atomic E-state index is 0.0219. The van der Waals surface area contributed by atoms with Gasteiger partial charge in [-0.1, -0.05) is 71.6 Å². The van der Waals surface area contributed by atoms with Crippen LogP contribution in [0.25, 0.3) is 0 Å². The van der Waals surface area contributed by atoms with Gasteiger partial charge in [-0.05, 0) is 102 Å². The number of hydrogen-bond acceptors (Lipinski definition) is 5. The Hall–Kier alpha value is -1.31. The van der Waals surface area contributed by atoms with E-state index in [2.05, 4.69) is 13.8 Å². The van der Waals surface area contributed by atoms with Gasteiger partial charge in [0.2, 0.25) is 0 Å². The summed E-state index contributed by atoms with van der Waals surface area (Å²) >= 11 is 0. The number of ether oxygens (including phenoxy) is 3. The third-order valence-corrected chi connectivity index (χ3v) is 10.9. The fourth-order valence-electron chi connectivity index (χ4n) is 8.03. The molecule has 0 saturated heterocycles. The number of carbonyl (C=O) groups is 2. The second-order valence-corrected chi connectivity index (χ2v) is 14.5. The smallest absolute Gasteiger partial charge is 0.394 e. The molecule has 45 heavy (non-hydrogen) atoms. The Balaban J connectivity index is 1.34. The Morgan fingerprint density at radius 2 is 1.24 bits per heavy atom. The SMILES string of the molecule is CCCCCCCCOC(=O)C1CCC(C2CCC(OC(=O)C3CCC(OC(C)CCCCCC)C(C(F)(F)F)C3)CC2)CC1. The van der Waals surface area contributed by atoms with Crippen LogP contribution in [-0.4, -0.2) is 43.0 Å². The average Bonchev–Trinajstić information content (AvgIpc) is 3.02. The van der Waals surface area contributed by atoms with Crippen LogP contribution in [-0.2, 0) is 23.8 Å². The van der Waals surface area contributed by atoms with Crippen LogP contribution >= 0.6 is 0 Å². The van der Waals surface area contributed by atoms with Crippen LogP contribution in [0.15, 0.2) is 0 Å². The van der Waals surface area contributed by atoms with Crippen LogP contribution in [0.3, 0.4) is 0 Å². The van der Waals surface area contributed by atoms with Gasteiger partial charge in [0.1, 0.15) is 6.10 Å². The minimum atomic E-state index is -4.40. The minimum Gasteiger partial charge on any atom is -0.465 e. The molecule has 5 nitrogen and oxygen atoms in total. The van der Waals surface area contributed by atoms with Gasteiger partial charge >= 0.3 is 18.1 Å². The van der Waals surface area contributed by atoms with E-state index >= 15 is 0 Å². The zero-order valence-electron chi connectivity index (χ0n) is 28.6. The molecular formula is C37H63F3O5. The fraction of sp³-hybridized carbons (Fsp3) is 0.946. The zero-order valence-corrected chi connectivity index (χ0v) is 28.6.